The minimum atomic E-state index is -0.679. The van der Waals surface area contributed by atoms with E-state index in [9.17, 15) is 10.1 Å². The third kappa shape index (κ3) is 3.97. The first-order valence-electron chi connectivity index (χ1n) is 9.22. The number of rotatable bonds is 6. The van der Waals surface area contributed by atoms with Crippen molar-refractivity contribution in [2.45, 2.75) is 10.3 Å². The first-order valence-corrected chi connectivity index (χ1v) is 10.1. The van der Waals surface area contributed by atoms with Crippen molar-refractivity contribution in [2.75, 3.05) is 0 Å². The second-order valence-corrected chi connectivity index (χ2v) is 7.60. The zero-order valence-electron chi connectivity index (χ0n) is 15.9. The summed E-state index contributed by atoms with van der Waals surface area (Å²) >= 11 is 1.17. The van der Waals surface area contributed by atoms with Crippen molar-refractivity contribution in [1.82, 2.24) is 4.98 Å². The Morgan fingerprint density at radius 1 is 1.03 bits per heavy atom. The van der Waals surface area contributed by atoms with Crippen LogP contribution < -0.4 is 5.73 Å². The molecule has 2 aromatic carbocycles. The van der Waals surface area contributed by atoms with Gasteiger partial charge in [0.2, 0.25) is 5.91 Å². The summed E-state index contributed by atoms with van der Waals surface area (Å²) in [5.41, 5.74) is 9.00. The van der Waals surface area contributed by atoms with Crippen LogP contribution in [0.4, 0.5) is 0 Å². The van der Waals surface area contributed by atoms with Gasteiger partial charge in [-0.15, -0.1) is 0 Å². The van der Waals surface area contributed by atoms with Gasteiger partial charge in [-0.05, 0) is 23.8 Å². The molecule has 0 aliphatic rings. The minimum absolute atomic E-state index is 0.344. The number of amides is 1. The van der Waals surface area contributed by atoms with Crippen molar-refractivity contribution < 1.29 is 9.21 Å². The largest absolute Gasteiger partial charge is 0.464 e. The topological polar surface area (TPSA) is 92.9 Å². The summed E-state index contributed by atoms with van der Waals surface area (Å²) in [6.07, 6.45) is 1.56. The Balaban J connectivity index is 1.88. The highest BCUT2D eigenvalue weighted by atomic mass is 32.2. The first kappa shape index (κ1) is 19.5. The summed E-state index contributed by atoms with van der Waals surface area (Å²) in [6, 6.07) is 26.5. The van der Waals surface area contributed by atoms with Gasteiger partial charge in [0.15, 0.2) is 0 Å². The van der Waals surface area contributed by atoms with E-state index in [0.29, 0.717) is 27.6 Å². The molecule has 1 amide bonds. The van der Waals surface area contributed by atoms with E-state index in [-0.39, 0.29) is 0 Å². The van der Waals surface area contributed by atoms with Gasteiger partial charge in [0.05, 0.1) is 17.5 Å². The van der Waals surface area contributed by atoms with Gasteiger partial charge < -0.3 is 10.2 Å². The van der Waals surface area contributed by atoms with Gasteiger partial charge >= 0.3 is 0 Å². The molecule has 6 heteroatoms. The number of nitrogens with two attached hydrogens (primary N) is 1. The van der Waals surface area contributed by atoms with Crippen LogP contribution in [0.15, 0.2) is 94.6 Å². The molecule has 0 unspecified atom stereocenters. The zero-order chi connectivity index (χ0) is 20.9. The van der Waals surface area contributed by atoms with Crippen LogP contribution in [0.2, 0.25) is 0 Å². The van der Waals surface area contributed by atoms with Crippen LogP contribution in [0.25, 0.3) is 22.6 Å². The molecule has 2 N–H and O–H groups in total. The average Bonchev–Trinajstić information content (AvgIpc) is 3.32. The summed E-state index contributed by atoms with van der Waals surface area (Å²) in [5.74, 6) is 0.0601. The fraction of sp³-hybridized carbons (Fsp3) is 0.0417. The maximum atomic E-state index is 12.2. The van der Waals surface area contributed by atoms with Crippen LogP contribution in [0.3, 0.4) is 0 Å². The van der Waals surface area contributed by atoms with E-state index in [1.807, 2.05) is 66.7 Å². The fourth-order valence-electron chi connectivity index (χ4n) is 3.13. The highest BCUT2D eigenvalue weighted by Gasteiger charge is 2.24. The van der Waals surface area contributed by atoms with E-state index in [2.05, 4.69) is 6.07 Å². The number of hydrogen-bond donors (Lipinski definition) is 1. The Hall–Kier alpha value is -3.82. The molecule has 0 spiro atoms. The third-order valence-electron chi connectivity index (χ3n) is 4.54. The molecule has 0 saturated heterocycles. The monoisotopic (exact) mass is 411 g/mol. The van der Waals surface area contributed by atoms with Crippen LogP contribution in [0.1, 0.15) is 16.4 Å². The molecular weight excluding hydrogens is 394 g/mol. The molecule has 0 radical (unpaired) electrons. The van der Waals surface area contributed by atoms with Crippen LogP contribution in [0, 0.1) is 11.3 Å². The number of benzene rings is 2. The minimum Gasteiger partial charge on any atom is -0.464 e. The Morgan fingerprint density at radius 3 is 2.33 bits per heavy atom. The zero-order valence-corrected chi connectivity index (χ0v) is 16.7. The lowest BCUT2D eigenvalue weighted by molar-refractivity contribution is -0.117. The number of aromatic nitrogens is 1. The van der Waals surface area contributed by atoms with E-state index in [1.54, 1.807) is 18.4 Å². The number of carbonyl (C=O) groups is 1. The third-order valence-corrected chi connectivity index (χ3v) is 5.80. The molecule has 2 aromatic heterocycles. The molecule has 0 bridgehead atoms. The maximum absolute atomic E-state index is 12.2. The molecular formula is C24H17N3O2S. The van der Waals surface area contributed by atoms with Gasteiger partial charge in [-0.3, -0.25) is 4.79 Å². The highest BCUT2D eigenvalue weighted by Crippen LogP contribution is 2.40. The van der Waals surface area contributed by atoms with E-state index < -0.39 is 11.2 Å². The quantitative estimate of drug-likeness (QED) is 0.440. The van der Waals surface area contributed by atoms with Crippen molar-refractivity contribution in [3.63, 3.8) is 0 Å². The first-order chi connectivity index (χ1) is 14.7. The van der Waals surface area contributed by atoms with Crippen LogP contribution in [-0.2, 0) is 4.79 Å². The Labute approximate surface area is 178 Å². The smallest absolute Gasteiger partial charge is 0.235 e. The number of hydrogen-bond acceptors (Lipinski definition) is 5. The normalized spacial score (nSPS) is 11.6. The Morgan fingerprint density at radius 2 is 1.73 bits per heavy atom. The van der Waals surface area contributed by atoms with E-state index >= 15 is 0 Å². The molecule has 1 atom stereocenters. The van der Waals surface area contributed by atoms with Crippen LogP contribution in [-0.4, -0.2) is 10.9 Å². The van der Waals surface area contributed by atoms with Crippen molar-refractivity contribution >= 4 is 17.7 Å². The van der Waals surface area contributed by atoms with Crippen molar-refractivity contribution in [3.05, 3.63) is 96.3 Å². The molecule has 2 heterocycles. The van der Waals surface area contributed by atoms with Crippen molar-refractivity contribution in [1.29, 1.82) is 5.26 Å². The van der Waals surface area contributed by atoms with Gasteiger partial charge in [-0.1, -0.05) is 72.4 Å². The van der Waals surface area contributed by atoms with E-state index in [0.717, 1.165) is 11.1 Å². The number of carbonyl (C=O) groups excluding carboxylic acids is 1. The standard InChI is InChI=1S/C24H17N3O2S/c25-15-19-18(21-12-7-13-29-21)14-20(16-8-3-1-4-9-16)27-24(19)30-22(23(26)28)17-10-5-2-6-11-17/h1-14,22H,(H2,26,28)/t22-/m1/s1. The maximum Gasteiger partial charge on any atom is 0.235 e. The lowest BCUT2D eigenvalue weighted by Crippen LogP contribution is -2.19. The number of thioether (sulfide) groups is 1. The number of nitriles is 1. The number of furan rings is 1. The van der Waals surface area contributed by atoms with Crippen LogP contribution >= 0.6 is 11.8 Å². The lowest BCUT2D eigenvalue weighted by Gasteiger charge is -2.16. The van der Waals surface area contributed by atoms with E-state index in [4.69, 9.17) is 15.1 Å². The van der Waals surface area contributed by atoms with Gasteiger partial charge in [-0.2, -0.15) is 5.26 Å². The van der Waals surface area contributed by atoms with E-state index in [1.165, 1.54) is 11.8 Å². The molecule has 0 aliphatic heterocycles. The molecule has 0 aliphatic carbocycles. The van der Waals surface area contributed by atoms with Crippen LogP contribution in [0.5, 0.6) is 0 Å². The van der Waals surface area contributed by atoms with Gasteiger partial charge in [0.1, 0.15) is 22.1 Å². The number of pyridine rings is 1. The SMILES string of the molecule is N#Cc1c(-c2ccco2)cc(-c2ccccc2)nc1S[C@@H](C(N)=O)c1ccccc1. The number of nitrogens with zero attached hydrogens (tertiary/aromatic N) is 2. The molecule has 0 saturated carbocycles. The highest BCUT2D eigenvalue weighted by molar-refractivity contribution is 8.00. The number of primary amides is 1. The van der Waals surface area contributed by atoms with Gasteiger partial charge in [-0.25, -0.2) is 4.98 Å². The van der Waals surface area contributed by atoms with Crippen molar-refractivity contribution in [2.24, 2.45) is 5.73 Å². The second kappa shape index (κ2) is 8.68. The molecule has 4 rings (SSSR count). The second-order valence-electron chi connectivity index (χ2n) is 6.50. The Kier molecular flexibility index (Phi) is 5.64. The fourth-order valence-corrected chi connectivity index (χ4v) is 4.18. The van der Waals surface area contributed by atoms with Gasteiger partial charge in [0, 0.05) is 11.1 Å². The van der Waals surface area contributed by atoms with Gasteiger partial charge in [0.25, 0.3) is 0 Å². The van der Waals surface area contributed by atoms with Crippen molar-refractivity contribution in [3.8, 4) is 28.7 Å². The average molecular weight is 411 g/mol. The molecule has 0 fully saturated rings. The predicted molar refractivity (Wildman–Crippen MR) is 116 cm³/mol. The lowest BCUT2D eigenvalue weighted by atomic mass is 10.0. The molecule has 5 nitrogen and oxygen atoms in total. The molecule has 146 valence electrons. The summed E-state index contributed by atoms with van der Waals surface area (Å²) in [6.45, 7) is 0. The summed E-state index contributed by atoms with van der Waals surface area (Å²) in [4.78, 5) is 17.0. The summed E-state index contributed by atoms with van der Waals surface area (Å²) < 4.78 is 5.57. The summed E-state index contributed by atoms with van der Waals surface area (Å²) in [7, 11) is 0. The predicted octanol–water partition coefficient (Wildman–Crippen LogP) is 5.20. The molecule has 30 heavy (non-hydrogen) atoms. The summed E-state index contributed by atoms with van der Waals surface area (Å²) in [5, 5.41) is 9.67. The Bertz CT molecular complexity index is 1200. The molecule has 4 aromatic rings.